The highest BCUT2D eigenvalue weighted by molar-refractivity contribution is 7.66. The maximum Gasteiger partial charge on any atom is 0.490 e. The number of H-pyrrole nitrogens is 1. The second-order valence-electron chi connectivity index (χ2n) is 9.90. The number of hydrogen-bond donors (Lipinski definition) is 7. The van der Waals surface area contributed by atoms with E-state index in [1.165, 1.54) is 18.3 Å². The largest absolute Gasteiger partial charge is 0.490 e. The van der Waals surface area contributed by atoms with E-state index in [4.69, 9.17) is 14.5 Å². The van der Waals surface area contributed by atoms with Gasteiger partial charge in [0.05, 0.1) is 18.3 Å². The molecular weight excluding hydrogens is 665 g/mol. The predicted molar refractivity (Wildman–Crippen MR) is 157 cm³/mol. The van der Waals surface area contributed by atoms with Gasteiger partial charge in [0, 0.05) is 32.1 Å². The van der Waals surface area contributed by atoms with Crippen LogP contribution in [-0.4, -0.2) is 66.7 Å². The molecule has 0 aromatic carbocycles. The van der Waals surface area contributed by atoms with Gasteiger partial charge < -0.3 is 34.9 Å². The number of amides is 2. The first kappa shape index (κ1) is 38.9. The zero-order valence-electron chi connectivity index (χ0n) is 24.4. The van der Waals surface area contributed by atoms with Crippen molar-refractivity contribution in [3.8, 4) is 0 Å². The molecule has 0 bridgehead atoms. The number of rotatable bonds is 20. The van der Waals surface area contributed by atoms with Crippen LogP contribution in [0.4, 0.5) is 0 Å². The van der Waals surface area contributed by atoms with Crippen LogP contribution in [0.1, 0.15) is 76.5 Å². The molecule has 1 aromatic rings. The Morgan fingerprint density at radius 2 is 1.69 bits per heavy atom. The van der Waals surface area contributed by atoms with Crippen LogP contribution in [0.5, 0.6) is 0 Å². The second kappa shape index (κ2) is 18.2. The Morgan fingerprint density at radius 1 is 1.00 bits per heavy atom. The van der Waals surface area contributed by atoms with Crippen molar-refractivity contribution in [2.24, 2.45) is 0 Å². The van der Waals surface area contributed by atoms with Crippen molar-refractivity contribution in [1.29, 1.82) is 0 Å². The van der Waals surface area contributed by atoms with Gasteiger partial charge in [-0.05, 0) is 32.1 Å². The van der Waals surface area contributed by atoms with Gasteiger partial charge in [-0.3, -0.25) is 28.5 Å². The molecule has 1 aromatic heterocycles. The fourth-order valence-corrected chi connectivity index (χ4v) is 7.07. The van der Waals surface area contributed by atoms with Gasteiger partial charge in [-0.15, -0.1) is 0 Å². The Kier molecular flexibility index (Phi) is 15.7. The van der Waals surface area contributed by atoms with Gasteiger partial charge in [-0.25, -0.2) is 18.5 Å². The molecule has 0 radical (unpaired) electrons. The molecule has 19 nitrogen and oxygen atoms in total. The topological polar surface area (TPSA) is 282 Å². The average molecular weight is 705 g/mol. The number of unbranched alkanes of at least 4 members (excludes halogenated alkanes) is 3. The van der Waals surface area contributed by atoms with Gasteiger partial charge in [0.25, 0.3) is 5.56 Å². The van der Waals surface area contributed by atoms with E-state index in [2.05, 4.69) is 28.8 Å². The first-order valence-electron chi connectivity index (χ1n) is 14.0. The molecule has 1 aliphatic heterocycles. The fourth-order valence-electron chi connectivity index (χ4n) is 4.02. The Morgan fingerprint density at radius 3 is 2.38 bits per heavy atom. The van der Waals surface area contributed by atoms with E-state index in [0.29, 0.717) is 25.8 Å². The molecule has 45 heavy (non-hydrogen) atoms. The molecule has 2 unspecified atom stereocenters. The minimum absolute atomic E-state index is 0.0308. The number of aromatic amines is 1. The molecule has 0 spiro atoms. The predicted octanol–water partition coefficient (Wildman–Crippen LogP) is 1.55. The first-order valence-corrected chi connectivity index (χ1v) is 18.5. The lowest BCUT2D eigenvalue weighted by Crippen LogP contribution is -2.33. The molecule has 256 valence electrons. The number of nitrogens with zero attached hydrogens (tertiary/aromatic N) is 1. The monoisotopic (exact) mass is 704 g/mol. The van der Waals surface area contributed by atoms with E-state index in [9.17, 15) is 42.7 Å². The number of hydrogen-bond acceptors (Lipinski definition) is 11. The van der Waals surface area contributed by atoms with Gasteiger partial charge in [-0.2, -0.15) is 8.62 Å². The number of aromatic nitrogens is 2. The summed E-state index contributed by atoms with van der Waals surface area (Å²) >= 11 is 0. The summed E-state index contributed by atoms with van der Waals surface area (Å²) in [5, 5.41) is 5.54. The highest BCUT2D eigenvalue weighted by atomic mass is 31.3. The summed E-state index contributed by atoms with van der Waals surface area (Å²) in [5.41, 5.74) is -1.42. The quantitative estimate of drug-likeness (QED) is 0.0749. The van der Waals surface area contributed by atoms with Crippen LogP contribution in [0.25, 0.3) is 6.08 Å². The van der Waals surface area contributed by atoms with Gasteiger partial charge in [0.15, 0.2) is 0 Å². The van der Waals surface area contributed by atoms with Crippen LogP contribution in [0, 0.1) is 0 Å². The molecule has 2 amide bonds. The zero-order valence-corrected chi connectivity index (χ0v) is 27.1. The molecular formula is C23H39N4O15P3. The number of phosphoric acid groups is 3. The fraction of sp³-hybridized carbons (Fsp3) is 0.652. The van der Waals surface area contributed by atoms with Crippen LogP contribution in [0.2, 0.25) is 0 Å². The summed E-state index contributed by atoms with van der Waals surface area (Å²) in [6, 6.07) is 0. The summed E-state index contributed by atoms with van der Waals surface area (Å²) in [6.45, 7) is 2.02. The van der Waals surface area contributed by atoms with Crippen LogP contribution < -0.4 is 21.9 Å². The molecule has 0 saturated carbocycles. The first-order chi connectivity index (χ1) is 21.0. The summed E-state index contributed by atoms with van der Waals surface area (Å²) in [6.07, 6.45) is 7.48. The molecule has 4 atom stereocenters. The van der Waals surface area contributed by atoms with Crippen molar-refractivity contribution < 1.29 is 60.7 Å². The minimum Gasteiger partial charge on any atom is -0.356 e. The molecule has 7 N–H and O–H groups in total. The number of nitrogens with one attached hydrogen (secondary N) is 3. The molecule has 22 heteroatoms. The second-order valence-corrected chi connectivity index (χ2v) is 14.3. The molecule has 1 saturated heterocycles. The number of carbonyl (C=O) groups excluding carboxylic acids is 2. The van der Waals surface area contributed by atoms with E-state index in [0.717, 1.165) is 30.3 Å². The SMILES string of the molecule is CCCCC(=O)NCCCCCC(=O)NC/C=C/c1cn([C@H]2CC[C@@H](COP(=O)(O)OP(=O)(O)OP(=O)(O)O)O2)c(=O)[nH]c1=O. The number of carbonyl (C=O) groups is 2. The van der Waals surface area contributed by atoms with Crippen LogP contribution >= 0.6 is 23.5 Å². The third kappa shape index (κ3) is 15.7. The molecule has 2 heterocycles. The Labute approximate surface area is 257 Å². The Bertz CT molecular complexity index is 1440. The molecule has 1 fully saturated rings. The Hall–Kier alpha value is -2.27. The highest BCUT2D eigenvalue weighted by Crippen LogP contribution is 2.66. The van der Waals surface area contributed by atoms with E-state index >= 15 is 0 Å². The van der Waals surface area contributed by atoms with Crippen molar-refractivity contribution in [3.63, 3.8) is 0 Å². The summed E-state index contributed by atoms with van der Waals surface area (Å²) in [4.78, 5) is 86.4. The minimum atomic E-state index is -5.67. The third-order valence-corrected chi connectivity index (χ3v) is 9.91. The summed E-state index contributed by atoms with van der Waals surface area (Å²) < 4.78 is 52.6. The van der Waals surface area contributed by atoms with Crippen molar-refractivity contribution in [2.45, 2.75) is 77.0 Å². The average Bonchev–Trinajstić information content (AvgIpc) is 3.38. The lowest BCUT2D eigenvalue weighted by atomic mass is 10.2. The van der Waals surface area contributed by atoms with Crippen molar-refractivity contribution in [2.75, 3.05) is 19.7 Å². The van der Waals surface area contributed by atoms with E-state index in [1.807, 2.05) is 6.92 Å². The smallest absolute Gasteiger partial charge is 0.356 e. The van der Waals surface area contributed by atoms with Gasteiger partial charge in [0.1, 0.15) is 6.23 Å². The van der Waals surface area contributed by atoms with Gasteiger partial charge in [-0.1, -0.05) is 31.9 Å². The van der Waals surface area contributed by atoms with E-state index in [1.54, 1.807) is 0 Å². The standard InChI is InChI=1S/C23H39N4O15P3/c1-2-3-9-19(28)24-13-6-4-5-10-20(29)25-14-7-8-17-15-27(23(31)26-22(17)30)21-12-11-18(40-21)16-39-44(35,36)42-45(37,38)41-43(32,33)34/h7-8,15,18,21H,2-6,9-14,16H2,1H3,(H,24,28)(H,25,29)(H,35,36)(H,37,38)(H,26,30,31)(H2,32,33,34)/b8-7+/t18-,21+/m0/s1. The Balaban J connectivity index is 1.80. The van der Waals surface area contributed by atoms with E-state index in [-0.39, 0.29) is 36.8 Å². The maximum atomic E-state index is 12.4. The van der Waals surface area contributed by atoms with E-state index < -0.39 is 53.7 Å². The summed E-state index contributed by atoms with van der Waals surface area (Å²) in [5.74, 6) is -0.157. The zero-order chi connectivity index (χ0) is 33.7. The molecule has 2 rings (SSSR count). The van der Waals surface area contributed by atoms with Crippen molar-refractivity contribution in [1.82, 2.24) is 20.2 Å². The number of phosphoric ester groups is 1. The van der Waals surface area contributed by atoms with Crippen LogP contribution in [0.3, 0.4) is 0 Å². The third-order valence-electron chi connectivity index (χ3n) is 6.10. The molecule has 0 aliphatic carbocycles. The lowest BCUT2D eigenvalue weighted by Gasteiger charge is -2.19. The van der Waals surface area contributed by atoms with Crippen LogP contribution in [-0.2, 0) is 41.2 Å². The van der Waals surface area contributed by atoms with Crippen molar-refractivity contribution in [3.05, 3.63) is 38.7 Å². The highest BCUT2D eigenvalue weighted by Gasteiger charge is 2.41. The lowest BCUT2D eigenvalue weighted by molar-refractivity contribution is -0.122. The van der Waals surface area contributed by atoms with Gasteiger partial charge in [0.2, 0.25) is 11.8 Å². The van der Waals surface area contributed by atoms with Crippen LogP contribution in [0.15, 0.2) is 21.9 Å². The molecule has 1 aliphatic rings. The number of ether oxygens (including phenoxy) is 1. The van der Waals surface area contributed by atoms with Gasteiger partial charge >= 0.3 is 29.2 Å². The maximum absolute atomic E-state index is 12.4. The normalized spacial score (nSPS) is 19.7. The van der Waals surface area contributed by atoms with Crippen molar-refractivity contribution >= 4 is 41.4 Å². The summed E-state index contributed by atoms with van der Waals surface area (Å²) in [7, 11) is -16.5.